The van der Waals surface area contributed by atoms with Gasteiger partial charge >= 0.3 is 0 Å². The molecule has 0 amide bonds. The number of nitrogens with one attached hydrogen (secondary N) is 2. The fourth-order valence-electron chi connectivity index (χ4n) is 2.84. The Labute approximate surface area is 120 Å². The van der Waals surface area contributed by atoms with Gasteiger partial charge in [-0.1, -0.05) is 24.1 Å². The summed E-state index contributed by atoms with van der Waals surface area (Å²) < 4.78 is 27.6. The first-order valence-electron chi connectivity index (χ1n) is 6.75. The van der Waals surface area contributed by atoms with Crippen LogP contribution in [0.3, 0.4) is 0 Å². The van der Waals surface area contributed by atoms with Crippen LogP contribution >= 0.6 is 0 Å². The van der Waals surface area contributed by atoms with E-state index in [1.54, 1.807) is 19.1 Å². The number of hydrogen-bond acceptors (Lipinski definition) is 3. The second-order valence-corrected chi connectivity index (χ2v) is 7.17. The maximum Gasteiger partial charge on any atom is 0.241 e. The smallest absolute Gasteiger partial charge is 0.241 e. The zero-order chi connectivity index (χ0) is 14.9. The Morgan fingerprint density at radius 3 is 2.65 bits per heavy atom. The highest BCUT2D eigenvalue weighted by molar-refractivity contribution is 7.89. The highest BCUT2D eigenvalue weighted by Crippen LogP contribution is 2.27. The lowest BCUT2D eigenvalue weighted by molar-refractivity contribution is 0.521. The summed E-state index contributed by atoms with van der Waals surface area (Å²) in [5.41, 5.74) is 7.31. The molecule has 0 heterocycles. The molecule has 1 aliphatic rings. The van der Waals surface area contributed by atoms with Crippen molar-refractivity contribution < 1.29 is 8.42 Å². The van der Waals surface area contributed by atoms with E-state index in [2.05, 4.69) is 4.72 Å². The summed E-state index contributed by atoms with van der Waals surface area (Å²) in [4.78, 5) is 0.303. The molecular weight excluding hydrogens is 274 g/mol. The maximum absolute atomic E-state index is 12.5. The summed E-state index contributed by atoms with van der Waals surface area (Å²) >= 11 is 0. The molecule has 2 unspecified atom stereocenters. The van der Waals surface area contributed by atoms with E-state index in [9.17, 15) is 8.42 Å². The van der Waals surface area contributed by atoms with Gasteiger partial charge in [-0.2, -0.15) is 0 Å². The van der Waals surface area contributed by atoms with Crippen LogP contribution in [-0.4, -0.2) is 20.3 Å². The van der Waals surface area contributed by atoms with Gasteiger partial charge in [0.05, 0.1) is 10.7 Å². The van der Waals surface area contributed by atoms with E-state index in [0.717, 1.165) is 30.4 Å². The third kappa shape index (κ3) is 3.02. The second kappa shape index (κ2) is 5.54. The number of sulfonamides is 1. The summed E-state index contributed by atoms with van der Waals surface area (Å²) in [6, 6.07) is 5.01. The van der Waals surface area contributed by atoms with Gasteiger partial charge in [0.1, 0.15) is 0 Å². The average Bonchev–Trinajstić information content (AvgIpc) is 2.75. The molecule has 0 saturated heterocycles. The fourth-order valence-corrected chi connectivity index (χ4v) is 4.37. The van der Waals surface area contributed by atoms with Crippen molar-refractivity contribution in [2.45, 2.75) is 44.0 Å². The molecule has 6 heteroatoms. The van der Waals surface area contributed by atoms with Crippen molar-refractivity contribution in [2.24, 2.45) is 11.7 Å². The number of nitrogens with two attached hydrogens (primary N) is 1. The Hall–Kier alpha value is -1.40. The third-order valence-corrected chi connectivity index (χ3v) is 5.49. The molecule has 5 nitrogen and oxygen atoms in total. The van der Waals surface area contributed by atoms with E-state index in [4.69, 9.17) is 11.1 Å². The molecule has 0 radical (unpaired) electrons. The molecule has 0 bridgehead atoms. The normalized spacial score (nSPS) is 22.9. The van der Waals surface area contributed by atoms with E-state index in [1.807, 2.05) is 13.0 Å². The molecule has 4 N–H and O–H groups in total. The molecular formula is C14H21N3O2S. The number of aryl methyl sites for hydroxylation is 2. The summed E-state index contributed by atoms with van der Waals surface area (Å²) in [5.74, 6) is -0.119. The molecule has 110 valence electrons. The van der Waals surface area contributed by atoms with Gasteiger partial charge in [-0.05, 0) is 38.3 Å². The van der Waals surface area contributed by atoms with Crippen molar-refractivity contribution >= 4 is 15.9 Å². The van der Waals surface area contributed by atoms with Crippen LogP contribution in [0.15, 0.2) is 23.1 Å². The highest BCUT2D eigenvalue weighted by Gasteiger charge is 2.33. The molecule has 0 spiro atoms. The van der Waals surface area contributed by atoms with Crippen LogP contribution in [0.1, 0.15) is 30.4 Å². The van der Waals surface area contributed by atoms with E-state index < -0.39 is 10.0 Å². The number of rotatable bonds is 4. The van der Waals surface area contributed by atoms with Crippen LogP contribution in [0.2, 0.25) is 0 Å². The van der Waals surface area contributed by atoms with Crippen LogP contribution in [-0.2, 0) is 10.0 Å². The van der Waals surface area contributed by atoms with E-state index in [0.29, 0.717) is 4.90 Å². The molecule has 1 fully saturated rings. The van der Waals surface area contributed by atoms with Crippen molar-refractivity contribution in [3.05, 3.63) is 29.3 Å². The van der Waals surface area contributed by atoms with Gasteiger partial charge in [0.15, 0.2) is 0 Å². The molecule has 1 saturated carbocycles. The number of hydrogen-bond donors (Lipinski definition) is 3. The molecule has 2 atom stereocenters. The van der Waals surface area contributed by atoms with Gasteiger partial charge in [0.2, 0.25) is 10.0 Å². The lowest BCUT2D eigenvalue weighted by Gasteiger charge is -2.20. The van der Waals surface area contributed by atoms with Crippen LogP contribution in [0, 0.1) is 25.2 Å². The Bertz CT molecular complexity index is 625. The molecule has 0 aromatic heterocycles. The average molecular weight is 295 g/mol. The van der Waals surface area contributed by atoms with Gasteiger partial charge in [-0.3, -0.25) is 5.41 Å². The second-order valence-electron chi connectivity index (χ2n) is 5.49. The molecule has 20 heavy (non-hydrogen) atoms. The summed E-state index contributed by atoms with van der Waals surface area (Å²) in [6.45, 7) is 3.72. The molecule has 1 aromatic carbocycles. The van der Waals surface area contributed by atoms with Crippen LogP contribution in [0.25, 0.3) is 0 Å². The zero-order valence-corrected chi connectivity index (χ0v) is 12.6. The van der Waals surface area contributed by atoms with E-state index >= 15 is 0 Å². The van der Waals surface area contributed by atoms with Gasteiger partial charge in [0, 0.05) is 12.0 Å². The van der Waals surface area contributed by atoms with E-state index in [-0.39, 0.29) is 17.8 Å². The van der Waals surface area contributed by atoms with Gasteiger partial charge in [-0.25, -0.2) is 13.1 Å². The molecule has 2 rings (SSSR count). The van der Waals surface area contributed by atoms with Crippen molar-refractivity contribution in [1.29, 1.82) is 5.41 Å². The number of amidine groups is 1. The SMILES string of the molecule is Cc1ccc(S(=O)(=O)NC2CCCC2C(=N)N)c(C)c1. The summed E-state index contributed by atoms with van der Waals surface area (Å²) in [5, 5.41) is 7.55. The summed E-state index contributed by atoms with van der Waals surface area (Å²) in [6.07, 6.45) is 2.40. The standard InChI is InChI=1S/C14H21N3O2S/c1-9-6-7-13(10(2)8-9)20(18,19)17-12-5-3-4-11(12)14(15)16/h6-8,11-12,17H,3-5H2,1-2H3,(H3,15,16). The predicted molar refractivity (Wildman–Crippen MR) is 79.3 cm³/mol. The van der Waals surface area contributed by atoms with E-state index in [1.165, 1.54) is 0 Å². The van der Waals surface area contributed by atoms with Gasteiger partial charge < -0.3 is 5.73 Å². The summed E-state index contributed by atoms with van der Waals surface area (Å²) in [7, 11) is -3.56. The lowest BCUT2D eigenvalue weighted by Crippen LogP contribution is -2.42. The topological polar surface area (TPSA) is 96.0 Å². The number of benzene rings is 1. The van der Waals surface area contributed by atoms with Crippen molar-refractivity contribution in [3.8, 4) is 0 Å². The first kappa shape index (κ1) is 15.0. The first-order chi connectivity index (χ1) is 9.31. The Balaban J connectivity index is 2.25. The first-order valence-corrected chi connectivity index (χ1v) is 8.23. The highest BCUT2D eigenvalue weighted by atomic mass is 32.2. The molecule has 1 aromatic rings. The van der Waals surface area contributed by atoms with Gasteiger partial charge in [-0.15, -0.1) is 0 Å². The quantitative estimate of drug-likeness (QED) is 0.582. The van der Waals surface area contributed by atoms with Crippen LogP contribution in [0.4, 0.5) is 0 Å². The van der Waals surface area contributed by atoms with Crippen LogP contribution < -0.4 is 10.5 Å². The maximum atomic E-state index is 12.5. The Morgan fingerprint density at radius 2 is 2.05 bits per heavy atom. The van der Waals surface area contributed by atoms with Crippen molar-refractivity contribution in [1.82, 2.24) is 4.72 Å². The third-order valence-electron chi connectivity index (χ3n) is 3.84. The zero-order valence-electron chi connectivity index (χ0n) is 11.8. The minimum absolute atomic E-state index is 0.0656. The minimum atomic E-state index is -3.56. The minimum Gasteiger partial charge on any atom is -0.387 e. The predicted octanol–water partition coefficient (Wildman–Crippen LogP) is 1.69. The van der Waals surface area contributed by atoms with Crippen molar-refractivity contribution in [2.75, 3.05) is 0 Å². The molecule has 0 aliphatic heterocycles. The van der Waals surface area contributed by atoms with Gasteiger partial charge in [0.25, 0.3) is 0 Å². The monoisotopic (exact) mass is 295 g/mol. The van der Waals surface area contributed by atoms with Crippen LogP contribution in [0.5, 0.6) is 0 Å². The molecule has 1 aliphatic carbocycles. The Kier molecular flexibility index (Phi) is 4.15. The largest absolute Gasteiger partial charge is 0.387 e. The Morgan fingerprint density at radius 1 is 1.35 bits per heavy atom. The fraction of sp³-hybridized carbons (Fsp3) is 0.500. The van der Waals surface area contributed by atoms with Crippen molar-refractivity contribution in [3.63, 3.8) is 0 Å². The lowest BCUT2D eigenvalue weighted by atomic mass is 10.0.